The fourth-order valence-corrected chi connectivity index (χ4v) is 3.04. The molecule has 5 heteroatoms. The van der Waals surface area contributed by atoms with Gasteiger partial charge in [-0.2, -0.15) is 0 Å². The summed E-state index contributed by atoms with van der Waals surface area (Å²) in [5.74, 6) is 0.549. The van der Waals surface area contributed by atoms with Crippen LogP contribution in [0.4, 0.5) is 5.69 Å². The van der Waals surface area contributed by atoms with E-state index in [9.17, 15) is 9.59 Å². The first-order chi connectivity index (χ1) is 15.0. The van der Waals surface area contributed by atoms with Crippen LogP contribution in [0.15, 0.2) is 78.9 Å². The van der Waals surface area contributed by atoms with Gasteiger partial charge in [0.1, 0.15) is 5.75 Å². The Hall–Kier alpha value is -3.60. The SMILES string of the molecule is CC(C)C(=O)Nc1cccc(CNC(=O)CCOc2ccccc2-c2ccccc2)c1. The van der Waals surface area contributed by atoms with Crippen LogP contribution in [0, 0.1) is 5.92 Å². The van der Waals surface area contributed by atoms with Gasteiger partial charge in [0.15, 0.2) is 0 Å². The Balaban J connectivity index is 1.48. The van der Waals surface area contributed by atoms with Crippen LogP contribution in [0.2, 0.25) is 0 Å². The highest BCUT2D eigenvalue weighted by molar-refractivity contribution is 5.92. The van der Waals surface area contributed by atoms with Crippen molar-refractivity contribution in [2.75, 3.05) is 11.9 Å². The molecule has 0 aliphatic heterocycles. The van der Waals surface area contributed by atoms with Gasteiger partial charge in [0.2, 0.25) is 11.8 Å². The zero-order valence-corrected chi connectivity index (χ0v) is 17.9. The summed E-state index contributed by atoms with van der Waals surface area (Å²) in [6.07, 6.45) is 0.257. The molecule has 0 unspecified atom stereocenters. The van der Waals surface area contributed by atoms with Crippen molar-refractivity contribution in [1.29, 1.82) is 0 Å². The summed E-state index contributed by atoms with van der Waals surface area (Å²) >= 11 is 0. The van der Waals surface area contributed by atoms with Gasteiger partial charge in [-0.1, -0.05) is 74.5 Å². The van der Waals surface area contributed by atoms with Gasteiger partial charge >= 0.3 is 0 Å². The van der Waals surface area contributed by atoms with Crippen molar-refractivity contribution in [3.63, 3.8) is 0 Å². The molecule has 160 valence electrons. The zero-order valence-electron chi connectivity index (χ0n) is 17.9. The maximum Gasteiger partial charge on any atom is 0.226 e. The maximum atomic E-state index is 12.3. The second-order valence-electron chi connectivity index (χ2n) is 7.58. The van der Waals surface area contributed by atoms with E-state index in [1.54, 1.807) is 0 Å². The summed E-state index contributed by atoms with van der Waals surface area (Å²) in [6, 6.07) is 25.3. The molecule has 0 radical (unpaired) electrons. The number of carbonyl (C=O) groups is 2. The first-order valence-corrected chi connectivity index (χ1v) is 10.5. The molecule has 5 nitrogen and oxygen atoms in total. The predicted molar refractivity (Wildman–Crippen MR) is 124 cm³/mol. The third-order valence-corrected chi connectivity index (χ3v) is 4.77. The summed E-state index contributed by atoms with van der Waals surface area (Å²) in [7, 11) is 0. The van der Waals surface area contributed by atoms with Crippen LogP contribution in [-0.4, -0.2) is 18.4 Å². The van der Waals surface area contributed by atoms with Crippen LogP contribution < -0.4 is 15.4 Å². The molecule has 3 aromatic rings. The fourth-order valence-electron chi connectivity index (χ4n) is 3.04. The Morgan fingerprint density at radius 3 is 2.42 bits per heavy atom. The van der Waals surface area contributed by atoms with Crippen molar-refractivity contribution in [2.45, 2.75) is 26.8 Å². The van der Waals surface area contributed by atoms with Crippen molar-refractivity contribution in [3.05, 3.63) is 84.4 Å². The largest absolute Gasteiger partial charge is 0.492 e. The predicted octanol–water partition coefficient (Wildman–Crippen LogP) is 5.03. The molecule has 0 aromatic heterocycles. The summed E-state index contributed by atoms with van der Waals surface area (Å²) in [4.78, 5) is 24.1. The number of anilines is 1. The lowest BCUT2D eigenvalue weighted by Gasteiger charge is -2.12. The van der Waals surface area contributed by atoms with Gasteiger partial charge in [0.05, 0.1) is 13.0 Å². The molecule has 0 saturated carbocycles. The van der Waals surface area contributed by atoms with Gasteiger partial charge in [-0.3, -0.25) is 9.59 Å². The summed E-state index contributed by atoms with van der Waals surface area (Å²) in [6.45, 7) is 4.38. The zero-order chi connectivity index (χ0) is 22.1. The topological polar surface area (TPSA) is 67.4 Å². The molecular formula is C26H28N2O3. The second kappa shape index (κ2) is 11.0. The minimum Gasteiger partial charge on any atom is -0.492 e. The van der Waals surface area contributed by atoms with E-state index in [-0.39, 0.29) is 24.2 Å². The van der Waals surface area contributed by atoms with E-state index in [2.05, 4.69) is 10.6 Å². The number of para-hydroxylation sites is 1. The number of carbonyl (C=O) groups excluding carboxylic acids is 2. The molecule has 3 aromatic carbocycles. The molecule has 0 fully saturated rings. The number of hydrogen-bond donors (Lipinski definition) is 2. The molecule has 0 saturated heterocycles. The van der Waals surface area contributed by atoms with Crippen molar-refractivity contribution in [2.24, 2.45) is 5.92 Å². The van der Waals surface area contributed by atoms with Crippen LogP contribution in [-0.2, 0) is 16.1 Å². The average Bonchev–Trinajstić information content (AvgIpc) is 2.79. The van der Waals surface area contributed by atoms with Gasteiger partial charge in [0.25, 0.3) is 0 Å². The molecule has 3 rings (SSSR count). The quantitative estimate of drug-likeness (QED) is 0.514. The van der Waals surface area contributed by atoms with Crippen LogP contribution in [0.3, 0.4) is 0 Å². The van der Waals surface area contributed by atoms with Crippen LogP contribution in [0.1, 0.15) is 25.8 Å². The lowest BCUT2D eigenvalue weighted by Crippen LogP contribution is -2.24. The highest BCUT2D eigenvalue weighted by Crippen LogP contribution is 2.29. The Kier molecular flexibility index (Phi) is 7.82. The molecule has 2 N–H and O–H groups in total. The third kappa shape index (κ3) is 6.71. The first kappa shape index (κ1) is 22.1. The summed E-state index contributed by atoms with van der Waals surface area (Å²) in [5.41, 5.74) is 3.73. The van der Waals surface area contributed by atoms with E-state index >= 15 is 0 Å². The molecule has 0 atom stereocenters. The number of rotatable bonds is 9. The Bertz CT molecular complexity index is 1020. The van der Waals surface area contributed by atoms with E-state index in [4.69, 9.17) is 4.74 Å². The third-order valence-electron chi connectivity index (χ3n) is 4.77. The highest BCUT2D eigenvalue weighted by atomic mass is 16.5. The van der Waals surface area contributed by atoms with Gasteiger partial charge in [0, 0.05) is 23.7 Å². The van der Waals surface area contributed by atoms with Gasteiger partial charge in [-0.05, 0) is 29.3 Å². The van der Waals surface area contributed by atoms with Gasteiger partial charge in [-0.25, -0.2) is 0 Å². The van der Waals surface area contributed by atoms with Crippen molar-refractivity contribution >= 4 is 17.5 Å². The molecule has 0 aliphatic carbocycles. The normalized spacial score (nSPS) is 10.5. The highest BCUT2D eigenvalue weighted by Gasteiger charge is 2.09. The van der Waals surface area contributed by atoms with Crippen LogP contribution >= 0.6 is 0 Å². The van der Waals surface area contributed by atoms with Crippen molar-refractivity contribution in [3.8, 4) is 16.9 Å². The van der Waals surface area contributed by atoms with Crippen LogP contribution in [0.25, 0.3) is 11.1 Å². The molecule has 2 amide bonds. The number of ether oxygens (including phenoxy) is 1. The van der Waals surface area contributed by atoms with Crippen molar-refractivity contribution < 1.29 is 14.3 Å². The molecule has 0 heterocycles. The molecule has 31 heavy (non-hydrogen) atoms. The molecule has 0 spiro atoms. The number of amides is 2. The standard InChI is InChI=1S/C26H28N2O3/c1-19(2)26(30)28-22-12-8-9-20(17-22)18-27-25(29)15-16-31-24-14-7-6-13-23(24)21-10-4-3-5-11-21/h3-14,17,19H,15-16,18H2,1-2H3,(H,27,29)(H,28,30). The lowest BCUT2D eigenvalue weighted by atomic mass is 10.1. The summed E-state index contributed by atoms with van der Waals surface area (Å²) in [5, 5.41) is 5.77. The van der Waals surface area contributed by atoms with E-state index in [1.165, 1.54) is 0 Å². The van der Waals surface area contributed by atoms with Crippen LogP contribution in [0.5, 0.6) is 5.75 Å². The van der Waals surface area contributed by atoms with Gasteiger partial charge < -0.3 is 15.4 Å². The number of hydrogen-bond acceptors (Lipinski definition) is 3. The average molecular weight is 417 g/mol. The molecule has 0 bridgehead atoms. The smallest absolute Gasteiger partial charge is 0.226 e. The van der Waals surface area contributed by atoms with E-state index < -0.39 is 0 Å². The minimum atomic E-state index is -0.0891. The maximum absolute atomic E-state index is 12.3. The summed E-state index contributed by atoms with van der Waals surface area (Å²) < 4.78 is 5.89. The van der Waals surface area contributed by atoms with Crippen molar-refractivity contribution in [1.82, 2.24) is 5.32 Å². The fraction of sp³-hybridized carbons (Fsp3) is 0.231. The monoisotopic (exact) mass is 416 g/mol. The van der Waals surface area contributed by atoms with E-state index in [0.29, 0.717) is 13.2 Å². The molecule has 0 aliphatic rings. The second-order valence-corrected chi connectivity index (χ2v) is 7.58. The first-order valence-electron chi connectivity index (χ1n) is 10.5. The molecular weight excluding hydrogens is 388 g/mol. The van der Waals surface area contributed by atoms with E-state index in [1.807, 2.05) is 92.7 Å². The lowest BCUT2D eigenvalue weighted by molar-refractivity contribution is -0.121. The Morgan fingerprint density at radius 2 is 1.65 bits per heavy atom. The number of benzene rings is 3. The Labute approximate surface area is 183 Å². The number of nitrogens with one attached hydrogen (secondary N) is 2. The van der Waals surface area contributed by atoms with Gasteiger partial charge in [-0.15, -0.1) is 0 Å². The van der Waals surface area contributed by atoms with E-state index in [0.717, 1.165) is 28.1 Å². The Morgan fingerprint density at radius 1 is 0.903 bits per heavy atom. The minimum absolute atomic E-state index is 0.0332.